The zero-order chi connectivity index (χ0) is 20.8. The summed E-state index contributed by atoms with van der Waals surface area (Å²) in [7, 11) is 0. The molecule has 0 spiro atoms. The first kappa shape index (κ1) is 18.4. The van der Waals surface area contributed by atoms with Crippen LogP contribution in [-0.2, 0) is 6.54 Å². The molecule has 1 fully saturated rings. The fourth-order valence-corrected chi connectivity index (χ4v) is 4.87. The maximum Gasteiger partial charge on any atom is 0.294 e. The van der Waals surface area contributed by atoms with Gasteiger partial charge in [0.15, 0.2) is 17.3 Å². The lowest BCUT2D eigenvalue weighted by atomic mass is 10.0. The van der Waals surface area contributed by atoms with E-state index in [4.69, 9.17) is 18.9 Å². The van der Waals surface area contributed by atoms with Crippen molar-refractivity contribution in [3.8, 4) is 11.5 Å². The van der Waals surface area contributed by atoms with Crippen LogP contribution in [0.1, 0.15) is 36.7 Å². The Morgan fingerprint density at radius 3 is 2.87 bits per heavy atom. The van der Waals surface area contributed by atoms with Crippen LogP contribution in [0.25, 0.3) is 22.1 Å². The van der Waals surface area contributed by atoms with Gasteiger partial charge in [-0.1, -0.05) is 12.1 Å². The molecule has 0 aliphatic carbocycles. The quantitative estimate of drug-likeness (QED) is 0.535. The molecule has 2 N–H and O–H groups in total. The van der Waals surface area contributed by atoms with Gasteiger partial charge in [-0.3, -0.25) is 4.79 Å². The van der Waals surface area contributed by atoms with Crippen LogP contribution < -0.4 is 19.9 Å². The Morgan fingerprint density at radius 2 is 1.94 bits per heavy atom. The first-order chi connectivity index (χ1) is 15.3. The van der Waals surface area contributed by atoms with E-state index >= 15 is 0 Å². The number of aromatic nitrogens is 2. The van der Waals surface area contributed by atoms with E-state index in [0.717, 1.165) is 42.7 Å². The Morgan fingerprint density at radius 1 is 1.06 bits per heavy atom. The Hall–Kier alpha value is -3.32. The Labute approximate surface area is 178 Å². The molecule has 0 radical (unpaired) electrons. The van der Waals surface area contributed by atoms with Gasteiger partial charge >= 0.3 is 0 Å². The van der Waals surface area contributed by atoms with Crippen molar-refractivity contribution in [1.82, 2.24) is 9.97 Å². The zero-order valence-electron chi connectivity index (χ0n) is 17.1. The van der Waals surface area contributed by atoms with Crippen molar-refractivity contribution in [1.29, 1.82) is 0 Å². The standard InChI is InChI=1S/C24H23N3O4/c28-24-23-22(16-5-1-2-7-18(16)31-23)25-21(26-24)14-27-10-3-6-17(27)15-8-9-19-20(13-15)30-12-4-11-29-19/h1-2,5,7-9,13,17H,3-4,6,10-12,14H2,(H,25,26,28)/p+1/t17-/m1/s1. The van der Waals surface area contributed by atoms with Gasteiger partial charge in [-0.05, 0) is 30.3 Å². The fourth-order valence-electron chi connectivity index (χ4n) is 4.87. The van der Waals surface area contributed by atoms with Gasteiger partial charge in [0.25, 0.3) is 5.56 Å². The minimum absolute atomic E-state index is 0.220. The molecule has 7 nitrogen and oxygen atoms in total. The molecule has 6 rings (SSSR count). The largest absolute Gasteiger partial charge is 0.490 e. The molecule has 4 aromatic rings. The zero-order valence-corrected chi connectivity index (χ0v) is 17.1. The summed E-state index contributed by atoms with van der Waals surface area (Å²) >= 11 is 0. The van der Waals surface area contributed by atoms with Crippen LogP contribution in [0, 0.1) is 0 Å². The average Bonchev–Trinajstić information content (AvgIpc) is 3.31. The summed E-state index contributed by atoms with van der Waals surface area (Å²) in [6, 6.07) is 14.3. The summed E-state index contributed by atoms with van der Waals surface area (Å²) in [5, 5.41) is 0.876. The molecule has 0 bridgehead atoms. The second-order valence-corrected chi connectivity index (χ2v) is 8.33. The maximum absolute atomic E-state index is 12.7. The van der Waals surface area contributed by atoms with E-state index in [1.165, 1.54) is 10.5 Å². The summed E-state index contributed by atoms with van der Waals surface area (Å²) in [6.45, 7) is 3.07. The number of quaternary nitrogens is 1. The second-order valence-electron chi connectivity index (χ2n) is 8.33. The van der Waals surface area contributed by atoms with Crippen molar-refractivity contribution >= 4 is 22.1 Å². The molecule has 2 aromatic carbocycles. The van der Waals surface area contributed by atoms with E-state index in [0.29, 0.717) is 48.3 Å². The summed E-state index contributed by atoms with van der Waals surface area (Å²) < 4.78 is 17.4. The summed E-state index contributed by atoms with van der Waals surface area (Å²) in [5.74, 6) is 2.35. The molecule has 2 aliphatic rings. The number of aromatic amines is 1. The molecule has 1 unspecified atom stereocenters. The van der Waals surface area contributed by atoms with E-state index in [2.05, 4.69) is 17.1 Å². The number of nitrogens with zero attached hydrogens (tertiary/aromatic N) is 1. The fraction of sp³-hybridized carbons (Fsp3) is 0.333. The minimum atomic E-state index is -0.220. The molecule has 7 heteroatoms. The number of benzene rings is 2. The van der Waals surface area contributed by atoms with E-state index < -0.39 is 0 Å². The molecule has 0 amide bonds. The van der Waals surface area contributed by atoms with Crippen LogP contribution in [0.4, 0.5) is 0 Å². The van der Waals surface area contributed by atoms with Crippen LogP contribution in [0.2, 0.25) is 0 Å². The van der Waals surface area contributed by atoms with Crippen molar-refractivity contribution < 1.29 is 18.8 Å². The predicted molar refractivity (Wildman–Crippen MR) is 116 cm³/mol. The minimum Gasteiger partial charge on any atom is -0.490 e. The Kier molecular flexibility index (Phi) is 4.42. The molecule has 158 valence electrons. The van der Waals surface area contributed by atoms with Gasteiger partial charge in [0, 0.05) is 30.2 Å². The number of para-hydroxylation sites is 1. The van der Waals surface area contributed by atoms with E-state index in [1.54, 1.807) is 0 Å². The number of likely N-dealkylation sites (tertiary alicyclic amines) is 1. The van der Waals surface area contributed by atoms with Crippen LogP contribution in [0.3, 0.4) is 0 Å². The number of fused-ring (bicyclic) bond motifs is 4. The van der Waals surface area contributed by atoms with Crippen molar-refractivity contribution in [3.05, 3.63) is 64.2 Å². The smallest absolute Gasteiger partial charge is 0.294 e. The number of rotatable bonds is 3. The lowest BCUT2D eigenvalue weighted by Gasteiger charge is -2.22. The number of hydrogen-bond donors (Lipinski definition) is 2. The number of nitrogens with one attached hydrogen (secondary N) is 2. The van der Waals surface area contributed by atoms with Crippen molar-refractivity contribution in [3.63, 3.8) is 0 Å². The normalized spacial score (nSPS) is 20.9. The lowest BCUT2D eigenvalue weighted by Crippen LogP contribution is -3.09. The molecule has 2 aromatic heterocycles. The highest BCUT2D eigenvalue weighted by Crippen LogP contribution is 2.33. The Balaban J connectivity index is 1.32. The van der Waals surface area contributed by atoms with Gasteiger partial charge in [0.1, 0.15) is 23.7 Å². The summed E-state index contributed by atoms with van der Waals surface area (Å²) in [6.07, 6.45) is 3.13. The predicted octanol–water partition coefficient (Wildman–Crippen LogP) is 2.75. The first-order valence-electron chi connectivity index (χ1n) is 10.9. The van der Waals surface area contributed by atoms with E-state index in [-0.39, 0.29) is 5.56 Å². The third kappa shape index (κ3) is 3.25. The number of hydrogen-bond acceptors (Lipinski definition) is 5. The van der Waals surface area contributed by atoms with Crippen molar-refractivity contribution in [2.75, 3.05) is 19.8 Å². The highest BCUT2D eigenvalue weighted by atomic mass is 16.5. The molecule has 0 saturated carbocycles. The van der Waals surface area contributed by atoms with Gasteiger partial charge in [-0.25, -0.2) is 4.98 Å². The van der Waals surface area contributed by atoms with Gasteiger partial charge in [-0.15, -0.1) is 0 Å². The van der Waals surface area contributed by atoms with Crippen LogP contribution in [0.5, 0.6) is 11.5 Å². The topological polar surface area (TPSA) is 81.8 Å². The van der Waals surface area contributed by atoms with Gasteiger partial charge in [0.2, 0.25) is 5.58 Å². The third-order valence-electron chi connectivity index (χ3n) is 6.33. The molecule has 2 aliphatic heterocycles. The van der Waals surface area contributed by atoms with Gasteiger partial charge < -0.3 is 23.8 Å². The average molecular weight is 418 g/mol. The molecule has 4 heterocycles. The summed E-state index contributed by atoms with van der Waals surface area (Å²) in [4.78, 5) is 21.8. The van der Waals surface area contributed by atoms with Crippen LogP contribution >= 0.6 is 0 Å². The Bertz CT molecular complexity index is 1330. The van der Waals surface area contributed by atoms with Gasteiger partial charge in [-0.2, -0.15) is 0 Å². The number of H-pyrrole nitrogens is 1. The SMILES string of the molecule is O=c1[nH]c(C[NH+]2CCC[C@@H]2c2ccc3c(c2)OCCCO3)nc2c1oc1ccccc12. The third-order valence-corrected chi connectivity index (χ3v) is 6.33. The highest BCUT2D eigenvalue weighted by Gasteiger charge is 2.32. The first-order valence-corrected chi connectivity index (χ1v) is 10.9. The van der Waals surface area contributed by atoms with Crippen molar-refractivity contribution in [2.45, 2.75) is 31.8 Å². The number of ether oxygens (including phenoxy) is 2. The lowest BCUT2D eigenvalue weighted by molar-refractivity contribution is -0.932. The summed E-state index contributed by atoms with van der Waals surface area (Å²) in [5.41, 5.74) is 2.64. The number of furan rings is 1. The molecular formula is C24H24N3O4+. The van der Waals surface area contributed by atoms with Crippen LogP contribution in [0.15, 0.2) is 51.7 Å². The van der Waals surface area contributed by atoms with E-state index in [1.807, 2.05) is 30.3 Å². The van der Waals surface area contributed by atoms with Crippen molar-refractivity contribution in [2.24, 2.45) is 0 Å². The molecule has 2 atom stereocenters. The molecule has 31 heavy (non-hydrogen) atoms. The van der Waals surface area contributed by atoms with Gasteiger partial charge in [0.05, 0.1) is 19.8 Å². The maximum atomic E-state index is 12.7. The second kappa shape index (κ2) is 7.42. The molecular weight excluding hydrogens is 394 g/mol. The molecule has 1 saturated heterocycles. The monoisotopic (exact) mass is 418 g/mol. The van der Waals surface area contributed by atoms with E-state index in [9.17, 15) is 4.79 Å². The van der Waals surface area contributed by atoms with Crippen LogP contribution in [-0.4, -0.2) is 29.7 Å². The highest BCUT2D eigenvalue weighted by molar-refractivity contribution is 6.01.